The number of halogens is 1. The minimum atomic E-state index is -0.810. The molecule has 0 saturated carbocycles. The first-order valence-electron chi connectivity index (χ1n) is 5.16. The number of aromatic nitrogens is 2. The minimum Gasteiger partial charge on any atom is -0.490 e. The lowest BCUT2D eigenvalue weighted by atomic mass is 10.3. The molecular weight excluding hydrogens is 262 g/mol. The molecule has 1 rings (SSSR count). The molecule has 0 fully saturated rings. The molecule has 0 radical (unpaired) electrons. The highest BCUT2D eigenvalue weighted by atomic mass is 35.5. The summed E-state index contributed by atoms with van der Waals surface area (Å²) in [6.07, 6.45) is 3.86. The molecule has 0 aliphatic rings. The van der Waals surface area contributed by atoms with Crippen molar-refractivity contribution in [3.8, 4) is 5.75 Å². The quantitative estimate of drug-likeness (QED) is 0.802. The average molecular weight is 278 g/mol. The lowest BCUT2D eigenvalue weighted by molar-refractivity contribution is 0.413. The topological polar surface area (TPSA) is 64.1 Å². The van der Waals surface area contributed by atoms with Crippen LogP contribution in [-0.4, -0.2) is 39.3 Å². The Morgan fingerprint density at radius 2 is 2.29 bits per heavy atom. The van der Waals surface area contributed by atoms with Crippen LogP contribution in [0.15, 0.2) is 6.33 Å². The molecule has 2 unspecified atom stereocenters. The van der Waals surface area contributed by atoms with Gasteiger partial charge in [-0.3, -0.25) is 4.21 Å². The van der Waals surface area contributed by atoms with E-state index in [2.05, 4.69) is 15.3 Å². The molecule has 0 spiro atoms. The zero-order valence-electron chi connectivity index (χ0n) is 10.1. The molecule has 5 nitrogen and oxygen atoms in total. The fraction of sp³-hybridized carbons (Fsp3) is 0.600. The number of anilines is 1. The van der Waals surface area contributed by atoms with E-state index in [0.29, 0.717) is 18.1 Å². The summed E-state index contributed by atoms with van der Waals surface area (Å²) in [6.45, 7) is 2.60. The van der Waals surface area contributed by atoms with Crippen LogP contribution in [0.2, 0.25) is 5.15 Å². The van der Waals surface area contributed by atoms with Crippen LogP contribution in [0.3, 0.4) is 0 Å². The van der Waals surface area contributed by atoms with Crippen molar-refractivity contribution in [3.05, 3.63) is 11.5 Å². The van der Waals surface area contributed by atoms with Gasteiger partial charge in [-0.25, -0.2) is 9.97 Å². The van der Waals surface area contributed by atoms with Crippen molar-refractivity contribution in [2.24, 2.45) is 0 Å². The van der Waals surface area contributed by atoms with Crippen molar-refractivity contribution in [2.45, 2.75) is 18.6 Å². The van der Waals surface area contributed by atoms with Gasteiger partial charge in [-0.05, 0) is 6.42 Å². The van der Waals surface area contributed by atoms with Crippen molar-refractivity contribution in [1.82, 2.24) is 9.97 Å². The van der Waals surface area contributed by atoms with E-state index in [1.165, 1.54) is 13.4 Å². The second-order valence-electron chi connectivity index (χ2n) is 3.57. The van der Waals surface area contributed by atoms with Gasteiger partial charge >= 0.3 is 0 Å². The lowest BCUT2D eigenvalue weighted by Gasteiger charge is -2.12. The number of methoxy groups -OCH3 is 1. The highest BCUT2D eigenvalue weighted by molar-refractivity contribution is 7.84. The van der Waals surface area contributed by atoms with Crippen LogP contribution in [0.4, 0.5) is 5.82 Å². The maximum absolute atomic E-state index is 11.2. The predicted molar refractivity (Wildman–Crippen MR) is 70.2 cm³/mol. The number of hydrogen-bond donors (Lipinski definition) is 1. The molecule has 1 heterocycles. The van der Waals surface area contributed by atoms with Gasteiger partial charge in [0.2, 0.25) is 0 Å². The molecule has 0 bridgehead atoms. The van der Waals surface area contributed by atoms with Gasteiger partial charge < -0.3 is 10.1 Å². The minimum absolute atomic E-state index is 0.144. The number of hydrogen-bond acceptors (Lipinski definition) is 5. The van der Waals surface area contributed by atoms with Crippen molar-refractivity contribution < 1.29 is 8.95 Å². The van der Waals surface area contributed by atoms with E-state index in [4.69, 9.17) is 16.3 Å². The average Bonchev–Trinajstić information content (AvgIpc) is 2.29. The van der Waals surface area contributed by atoms with Crippen LogP contribution in [0.25, 0.3) is 0 Å². The second kappa shape index (κ2) is 6.76. The molecule has 7 heteroatoms. The largest absolute Gasteiger partial charge is 0.490 e. The Labute approximate surface area is 108 Å². The molecule has 0 aromatic carbocycles. The molecule has 1 aromatic heterocycles. The van der Waals surface area contributed by atoms with Crippen molar-refractivity contribution in [2.75, 3.05) is 25.2 Å². The van der Waals surface area contributed by atoms with E-state index < -0.39 is 10.8 Å². The molecular formula is C10H16ClN3O2S. The summed E-state index contributed by atoms with van der Waals surface area (Å²) in [4.78, 5) is 7.87. The Kier molecular flexibility index (Phi) is 5.64. The van der Waals surface area contributed by atoms with E-state index >= 15 is 0 Å². The maximum Gasteiger partial charge on any atom is 0.198 e. The fourth-order valence-electron chi connectivity index (χ4n) is 1.22. The molecule has 2 atom stereocenters. The van der Waals surface area contributed by atoms with E-state index in [1.54, 1.807) is 6.26 Å². The standard InChI is InChI=1S/C10H16ClN3O2S/c1-7(17(3)15)4-5-12-10-8(16-2)9(11)13-6-14-10/h6-7H,4-5H2,1-3H3,(H,12,13,14). The summed E-state index contributed by atoms with van der Waals surface area (Å²) in [5.74, 6) is 0.987. The van der Waals surface area contributed by atoms with E-state index in [-0.39, 0.29) is 10.4 Å². The molecule has 1 N–H and O–H groups in total. The van der Waals surface area contributed by atoms with Gasteiger partial charge in [0.25, 0.3) is 0 Å². The van der Waals surface area contributed by atoms with Crippen LogP contribution in [0.1, 0.15) is 13.3 Å². The molecule has 0 aliphatic heterocycles. The monoisotopic (exact) mass is 277 g/mol. The summed E-state index contributed by atoms with van der Waals surface area (Å²) in [6, 6.07) is 0. The van der Waals surface area contributed by atoms with Crippen LogP contribution < -0.4 is 10.1 Å². The number of rotatable bonds is 6. The zero-order chi connectivity index (χ0) is 12.8. The molecule has 0 aliphatic carbocycles. The van der Waals surface area contributed by atoms with Crippen LogP contribution in [0, 0.1) is 0 Å². The van der Waals surface area contributed by atoms with Crippen molar-refractivity contribution in [3.63, 3.8) is 0 Å². The maximum atomic E-state index is 11.2. The lowest BCUT2D eigenvalue weighted by Crippen LogP contribution is -2.15. The smallest absolute Gasteiger partial charge is 0.198 e. The highest BCUT2D eigenvalue weighted by Gasteiger charge is 2.11. The molecule has 0 amide bonds. The van der Waals surface area contributed by atoms with Gasteiger partial charge in [-0.15, -0.1) is 0 Å². The first kappa shape index (κ1) is 14.2. The Bertz CT molecular complexity index is 403. The number of ether oxygens (including phenoxy) is 1. The summed E-state index contributed by atoms with van der Waals surface area (Å²) >= 11 is 5.86. The zero-order valence-corrected chi connectivity index (χ0v) is 11.6. The Morgan fingerprint density at radius 1 is 1.59 bits per heavy atom. The van der Waals surface area contributed by atoms with Gasteiger partial charge in [0, 0.05) is 28.9 Å². The van der Waals surface area contributed by atoms with Gasteiger partial charge in [0.15, 0.2) is 16.7 Å². The van der Waals surface area contributed by atoms with E-state index in [1.807, 2.05) is 6.92 Å². The molecule has 0 saturated heterocycles. The van der Waals surface area contributed by atoms with Crippen LogP contribution in [0.5, 0.6) is 5.75 Å². The predicted octanol–water partition coefficient (Wildman–Crippen LogP) is 1.71. The SMILES string of the molecule is COc1c(Cl)ncnc1NCCC(C)S(C)=O. The van der Waals surface area contributed by atoms with Crippen LogP contribution in [-0.2, 0) is 10.8 Å². The normalized spacial score (nSPS) is 14.1. The first-order chi connectivity index (χ1) is 8.06. The van der Waals surface area contributed by atoms with Crippen molar-refractivity contribution >= 4 is 28.2 Å². The second-order valence-corrected chi connectivity index (χ2v) is 5.73. The highest BCUT2D eigenvalue weighted by Crippen LogP contribution is 2.28. The molecule has 1 aromatic rings. The Morgan fingerprint density at radius 3 is 2.88 bits per heavy atom. The van der Waals surface area contributed by atoms with Gasteiger partial charge in [-0.2, -0.15) is 0 Å². The van der Waals surface area contributed by atoms with Crippen LogP contribution >= 0.6 is 11.6 Å². The molecule has 96 valence electrons. The third-order valence-electron chi connectivity index (χ3n) is 2.37. The fourth-order valence-corrected chi connectivity index (χ4v) is 1.88. The summed E-state index contributed by atoms with van der Waals surface area (Å²) < 4.78 is 16.3. The van der Waals surface area contributed by atoms with Gasteiger partial charge in [-0.1, -0.05) is 18.5 Å². The Hall–Kier alpha value is -0.880. The third-order valence-corrected chi connectivity index (χ3v) is 4.01. The first-order valence-corrected chi connectivity index (χ1v) is 7.16. The summed E-state index contributed by atoms with van der Waals surface area (Å²) in [7, 11) is 0.704. The Balaban J connectivity index is 2.58. The molecule has 17 heavy (non-hydrogen) atoms. The summed E-state index contributed by atoms with van der Waals surface area (Å²) in [5, 5.41) is 3.52. The third kappa shape index (κ3) is 4.12. The number of nitrogens with zero attached hydrogens (tertiary/aromatic N) is 2. The number of nitrogens with one attached hydrogen (secondary N) is 1. The van der Waals surface area contributed by atoms with Crippen molar-refractivity contribution in [1.29, 1.82) is 0 Å². The van der Waals surface area contributed by atoms with E-state index in [0.717, 1.165) is 6.42 Å². The van der Waals surface area contributed by atoms with Gasteiger partial charge in [0.1, 0.15) is 6.33 Å². The summed E-state index contributed by atoms with van der Waals surface area (Å²) in [5.41, 5.74) is 0. The van der Waals surface area contributed by atoms with Gasteiger partial charge in [0.05, 0.1) is 7.11 Å². The van der Waals surface area contributed by atoms with E-state index in [9.17, 15) is 4.21 Å².